The van der Waals surface area contributed by atoms with E-state index in [1.807, 2.05) is 38.9 Å². The number of hydrogen-bond acceptors (Lipinski definition) is 3. The van der Waals surface area contributed by atoms with Crippen LogP contribution in [0.25, 0.3) is 0 Å². The second-order valence-electron chi connectivity index (χ2n) is 5.49. The van der Waals surface area contributed by atoms with Crippen molar-refractivity contribution in [3.63, 3.8) is 0 Å². The fourth-order valence-corrected chi connectivity index (χ4v) is 1.80. The number of hydrogen-bond donors (Lipinski definition) is 2. The molecule has 0 atom stereocenters. The Hall–Kier alpha value is -1.13. The monoisotopic (exact) mass is 240 g/mol. The van der Waals surface area contributed by atoms with Crippen molar-refractivity contribution in [3.8, 4) is 5.75 Å². The zero-order valence-corrected chi connectivity index (χ0v) is 10.9. The molecule has 0 aliphatic carbocycles. The fraction of sp³-hybridized carbons (Fsp3) is 0.538. The van der Waals surface area contributed by atoms with E-state index in [1.165, 1.54) is 6.07 Å². The smallest absolute Gasteiger partial charge is 0.165 e. The van der Waals surface area contributed by atoms with E-state index in [-0.39, 0.29) is 5.75 Å². The lowest BCUT2D eigenvalue weighted by Gasteiger charge is -2.20. The first-order chi connectivity index (χ1) is 7.69. The molecule has 1 aromatic rings. The summed E-state index contributed by atoms with van der Waals surface area (Å²) < 4.78 is 13.6. The standard InChI is InChI=1S/C13H21FN2O/c1-13(2,15)7-10-5-9(8-16(3)4)6-11(14)12(10)17/h5-6,17H,7-8,15H2,1-4H3. The van der Waals surface area contributed by atoms with Crippen LogP contribution in [0.5, 0.6) is 5.75 Å². The van der Waals surface area contributed by atoms with Crippen molar-refractivity contribution >= 4 is 0 Å². The summed E-state index contributed by atoms with van der Waals surface area (Å²) >= 11 is 0. The first kappa shape index (κ1) is 13.9. The van der Waals surface area contributed by atoms with E-state index >= 15 is 0 Å². The van der Waals surface area contributed by atoms with Crippen molar-refractivity contribution in [3.05, 3.63) is 29.1 Å². The number of phenolic OH excluding ortho intramolecular Hbond substituents is 1. The highest BCUT2D eigenvalue weighted by molar-refractivity contribution is 5.38. The zero-order valence-electron chi connectivity index (χ0n) is 10.9. The topological polar surface area (TPSA) is 49.5 Å². The molecule has 0 saturated heterocycles. The quantitative estimate of drug-likeness (QED) is 0.844. The SMILES string of the molecule is CN(C)Cc1cc(F)c(O)c(CC(C)(C)N)c1. The van der Waals surface area contributed by atoms with Gasteiger partial charge in [-0.15, -0.1) is 0 Å². The number of benzene rings is 1. The van der Waals surface area contributed by atoms with Gasteiger partial charge in [-0.25, -0.2) is 4.39 Å². The minimum atomic E-state index is -0.580. The van der Waals surface area contributed by atoms with Gasteiger partial charge in [0.05, 0.1) is 0 Å². The van der Waals surface area contributed by atoms with Gasteiger partial charge in [0.2, 0.25) is 0 Å². The molecule has 3 N–H and O–H groups in total. The van der Waals surface area contributed by atoms with Gasteiger partial charge in [-0.05, 0) is 51.6 Å². The third kappa shape index (κ3) is 4.32. The van der Waals surface area contributed by atoms with E-state index in [0.29, 0.717) is 18.5 Å². The molecule has 1 rings (SSSR count). The molecule has 0 unspecified atom stereocenters. The second kappa shape index (κ2) is 5.02. The maximum absolute atomic E-state index is 13.6. The lowest BCUT2D eigenvalue weighted by Crippen LogP contribution is -2.34. The molecule has 0 fully saturated rings. The number of rotatable bonds is 4. The third-order valence-electron chi connectivity index (χ3n) is 2.35. The first-order valence-corrected chi connectivity index (χ1v) is 5.63. The molecule has 3 nitrogen and oxygen atoms in total. The highest BCUT2D eigenvalue weighted by Gasteiger charge is 2.17. The van der Waals surface area contributed by atoms with Crippen LogP contribution in [0, 0.1) is 5.82 Å². The Labute approximate surface area is 102 Å². The zero-order chi connectivity index (χ0) is 13.2. The van der Waals surface area contributed by atoms with Crippen LogP contribution < -0.4 is 5.73 Å². The third-order valence-corrected chi connectivity index (χ3v) is 2.35. The predicted octanol–water partition coefficient (Wildman–Crippen LogP) is 1.87. The van der Waals surface area contributed by atoms with Gasteiger partial charge in [-0.3, -0.25) is 0 Å². The van der Waals surface area contributed by atoms with E-state index in [0.717, 1.165) is 5.56 Å². The van der Waals surface area contributed by atoms with Crippen LogP contribution in [0.15, 0.2) is 12.1 Å². The summed E-state index contributed by atoms with van der Waals surface area (Å²) in [7, 11) is 3.83. The summed E-state index contributed by atoms with van der Waals surface area (Å²) in [5, 5.41) is 9.68. The summed E-state index contributed by atoms with van der Waals surface area (Å²) in [5.74, 6) is -0.866. The molecule has 96 valence electrons. The van der Waals surface area contributed by atoms with Crippen molar-refractivity contribution in [2.75, 3.05) is 14.1 Å². The first-order valence-electron chi connectivity index (χ1n) is 5.63. The Kier molecular flexibility index (Phi) is 4.11. The van der Waals surface area contributed by atoms with Crippen molar-refractivity contribution in [1.29, 1.82) is 0 Å². The second-order valence-corrected chi connectivity index (χ2v) is 5.49. The summed E-state index contributed by atoms with van der Waals surface area (Å²) in [5.41, 5.74) is 6.82. The van der Waals surface area contributed by atoms with Crippen LogP contribution in [-0.4, -0.2) is 29.6 Å². The fourth-order valence-electron chi connectivity index (χ4n) is 1.80. The molecule has 4 heteroatoms. The molecular formula is C13H21FN2O. The highest BCUT2D eigenvalue weighted by Crippen LogP contribution is 2.26. The molecule has 0 radical (unpaired) electrons. The predicted molar refractivity (Wildman–Crippen MR) is 67.4 cm³/mol. The molecule has 0 saturated carbocycles. The van der Waals surface area contributed by atoms with Crippen molar-refractivity contribution < 1.29 is 9.50 Å². The van der Waals surface area contributed by atoms with Crippen LogP contribution in [0.2, 0.25) is 0 Å². The summed E-state index contributed by atoms with van der Waals surface area (Å²) in [6, 6.07) is 3.18. The number of aromatic hydroxyl groups is 1. The molecule has 0 amide bonds. The molecule has 0 aliphatic rings. The van der Waals surface area contributed by atoms with E-state index in [9.17, 15) is 9.50 Å². The Morgan fingerprint density at radius 2 is 1.94 bits per heavy atom. The van der Waals surface area contributed by atoms with Crippen LogP contribution in [0.3, 0.4) is 0 Å². The largest absolute Gasteiger partial charge is 0.505 e. The average Bonchev–Trinajstić information content (AvgIpc) is 2.09. The minimum absolute atomic E-state index is 0.286. The van der Waals surface area contributed by atoms with E-state index in [1.54, 1.807) is 0 Å². The van der Waals surface area contributed by atoms with Gasteiger partial charge in [-0.2, -0.15) is 0 Å². The van der Waals surface area contributed by atoms with Gasteiger partial charge in [0.15, 0.2) is 11.6 Å². The maximum Gasteiger partial charge on any atom is 0.165 e. The number of nitrogens with two attached hydrogens (primary N) is 1. The molecule has 1 aromatic carbocycles. The Balaban J connectivity index is 3.07. The van der Waals surface area contributed by atoms with E-state index in [2.05, 4.69) is 0 Å². The van der Waals surface area contributed by atoms with Gasteiger partial charge in [0.1, 0.15) is 0 Å². The van der Waals surface area contributed by atoms with Gasteiger partial charge < -0.3 is 15.7 Å². The molecule has 0 bridgehead atoms. The van der Waals surface area contributed by atoms with Gasteiger partial charge >= 0.3 is 0 Å². The van der Waals surface area contributed by atoms with Crippen molar-refractivity contribution in [1.82, 2.24) is 4.90 Å². The van der Waals surface area contributed by atoms with E-state index in [4.69, 9.17) is 5.73 Å². The molecule has 0 heterocycles. The summed E-state index contributed by atoms with van der Waals surface area (Å²) in [6.07, 6.45) is 0.441. The Bertz CT molecular complexity index is 397. The summed E-state index contributed by atoms with van der Waals surface area (Å²) in [4.78, 5) is 1.95. The molecule has 0 spiro atoms. The molecular weight excluding hydrogens is 219 g/mol. The lowest BCUT2D eigenvalue weighted by atomic mass is 9.94. The van der Waals surface area contributed by atoms with Gasteiger partial charge in [0.25, 0.3) is 0 Å². The van der Waals surface area contributed by atoms with Crippen molar-refractivity contribution in [2.24, 2.45) is 5.73 Å². The van der Waals surface area contributed by atoms with Crippen LogP contribution in [-0.2, 0) is 13.0 Å². The molecule has 0 aromatic heterocycles. The molecule has 0 aliphatic heterocycles. The van der Waals surface area contributed by atoms with Crippen molar-refractivity contribution in [2.45, 2.75) is 32.4 Å². The molecule has 17 heavy (non-hydrogen) atoms. The Morgan fingerprint density at radius 3 is 2.41 bits per heavy atom. The van der Waals surface area contributed by atoms with Crippen LogP contribution in [0.4, 0.5) is 4.39 Å². The average molecular weight is 240 g/mol. The van der Waals surface area contributed by atoms with Crippen LogP contribution >= 0.6 is 0 Å². The van der Waals surface area contributed by atoms with E-state index < -0.39 is 11.4 Å². The van der Waals surface area contributed by atoms with Gasteiger partial charge in [-0.1, -0.05) is 6.07 Å². The lowest BCUT2D eigenvalue weighted by molar-refractivity contribution is 0.393. The Morgan fingerprint density at radius 1 is 1.35 bits per heavy atom. The van der Waals surface area contributed by atoms with Gasteiger partial charge in [0, 0.05) is 12.1 Å². The normalized spacial score (nSPS) is 12.2. The minimum Gasteiger partial charge on any atom is -0.505 e. The highest BCUT2D eigenvalue weighted by atomic mass is 19.1. The van der Waals surface area contributed by atoms with Crippen LogP contribution in [0.1, 0.15) is 25.0 Å². The number of phenols is 1. The maximum atomic E-state index is 13.6. The number of halogens is 1. The number of nitrogens with zero attached hydrogens (tertiary/aromatic N) is 1. The summed E-state index contributed by atoms with van der Waals surface area (Å²) in [6.45, 7) is 4.33.